The van der Waals surface area contributed by atoms with E-state index in [-0.39, 0.29) is 0 Å². The lowest BCUT2D eigenvalue weighted by Crippen LogP contribution is -2.17. The molecule has 3 nitrogen and oxygen atoms in total. The normalized spacial score (nSPS) is 17.8. The van der Waals surface area contributed by atoms with Crippen LogP contribution >= 0.6 is 15.9 Å². The zero-order chi connectivity index (χ0) is 14.2. The van der Waals surface area contributed by atoms with Gasteiger partial charge in [-0.05, 0) is 62.3 Å². The molecule has 2 aromatic rings. The summed E-state index contributed by atoms with van der Waals surface area (Å²) in [6.07, 6.45) is 9.51. The number of imidazole rings is 1. The molecule has 1 aromatic heterocycles. The monoisotopic (exact) mass is 345 g/mol. The highest BCUT2D eigenvalue weighted by Gasteiger charge is 2.22. The molecule has 0 unspecified atom stereocenters. The van der Waals surface area contributed by atoms with E-state index in [9.17, 15) is 0 Å². The van der Waals surface area contributed by atoms with E-state index < -0.39 is 0 Å². The predicted octanol–water partition coefficient (Wildman–Crippen LogP) is 3.77. The molecule has 1 heterocycles. The van der Waals surface area contributed by atoms with Gasteiger partial charge in [0.1, 0.15) is 0 Å². The minimum absolute atomic E-state index is 0.730. The molecule has 2 aliphatic carbocycles. The Bertz CT molecular complexity index is 658. The third-order valence-electron chi connectivity index (χ3n) is 4.49. The Morgan fingerprint density at radius 3 is 2.95 bits per heavy atom. The fraction of sp³-hybridized carbons (Fsp3) is 0.471. The van der Waals surface area contributed by atoms with Gasteiger partial charge in [-0.25, -0.2) is 4.98 Å². The van der Waals surface area contributed by atoms with Crippen molar-refractivity contribution in [3.8, 4) is 5.69 Å². The first-order chi connectivity index (χ1) is 10.3. The van der Waals surface area contributed by atoms with E-state index >= 15 is 0 Å². The molecule has 4 heteroatoms. The van der Waals surface area contributed by atoms with E-state index in [1.54, 1.807) is 0 Å². The quantitative estimate of drug-likeness (QED) is 0.913. The summed E-state index contributed by atoms with van der Waals surface area (Å²) in [5.41, 5.74) is 5.34. The smallest absolute Gasteiger partial charge is 0.0997 e. The molecule has 0 bridgehead atoms. The van der Waals surface area contributed by atoms with Gasteiger partial charge in [0.25, 0.3) is 0 Å². The first-order valence-corrected chi connectivity index (χ1v) is 8.68. The van der Waals surface area contributed by atoms with E-state index in [2.05, 4.69) is 49.0 Å². The van der Waals surface area contributed by atoms with Crippen molar-refractivity contribution in [1.82, 2.24) is 14.9 Å². The van der Waals surface area contributed by atoms with Gasteiger partial charge >= 0.3 is 0 Å². The lowest BCUT2D eigenvalue weighted by atomic mass is 10.0. The van der Waals surface area contributed by atoms with Gasteiger partial charge in [0.2, 0.25) is 0 Å². The zero-order valence-electron chi connectivity index (χ0n) is 12.1. The SMILES string of the molecule is Brc1ccc(-n2cnc3c2CCCC3)c(CNC2CC2)c1. The van der Waals surface area contributed by atoms with Crippen molar-refractivity contribution in [3.05, 3.63) is 46.0 Å². The molecule has 1 aromatic carbocycles. The highest BCUT2D eigenvalue weighted by Crippen LogP contribution is 2.27. The zero-order valence-corrected chi connectivity index (χ0v) is 13.7. The summed E-state index contributed by atoms with van der Waals surface area (Å²) in [4.78, 5) is 4.64. The van der Waals surface area contributed by atoms with Gasteiger partial charge in [0.15, 0.2) is 0 Å². The molecule has 1 saturated carbocycles. The fourth-order valence-electron chi connectivity index (χ4n) is 3.15. The van der Waals surface area contributed by atoms with Gasteiger partial charge in [0.05, 0.1) is 17.7 Å². The van der Waals surface area contributed by atoms with Gasteiger partial charge in [-0.3, -0.25) is 0 Å². The van der Waals surface area contributed by atoms with Crippen LogP contribution in [0.25, 0.3) is 5.69 Å². The summed E-state index contributed by atoms with van der Waals surface area (Å²) in [6, 6.07) is 7.31. The van der Waals surface area contributed by atoms with Crippen molar-refractivity contribution in [2.75, 3.05) is 0 Å². The Balaban J connectivity index is 1.71. The van der Waals surface area contributed by atoms with Crippen LogP contribution in [0.5, 0.6) is 0 Å². The molecule has 1 N–H and O–H groups in total. The lowest BCUT2D eigenvalue weighted by molar-refractivity contribution is 0.651. The van der Waals surface area contributed by atoms with E-state index in [1.807, 2.05) is 6.33 Å². The number of rotatable bonds is 4. The molecule has 0 aliphatic heterocycles. The highest BCUT2D eigenvalue weighted by atomic mass is 79.9. The van der Waals surface area contributed by atoms with Crippen LogP contribution in [-0.4, -0.2) is 15.6 Å². The average Bonchev–Trinajstić information content (AvgIpc) is 3.24. The molecule has 0 spiro atoms. The van der Waals surface area contributed by atoms with Crippen molar-refractivity contribution in [2.45, 2.75) is 51.1 Å². The maximum Gasteiger partial charge on any atom is 0.0997 e. The third kappa shape index (κ3) is 2.79. The van der Waals surface area contributed by atoms with Crippen LogP contribution in [0.4, 0.5) is 0 Å². The van der Waals surface area contributed by atoms with Crippen molar-refractivity contribution < 1.29 is 0 Å². The van der Waals surface area contributed by atoms with Crippen LogP contribution in [0.3, 0.4) is 0 Å². The Morgan fingerprint density at radius 2 is 2.10 bits per heavy atom. The van der Waals surface area contributed by atoms with Crippen molar-refractivity contribution in [1.29, 1.82) is 0 Å². The number of aromatic nitrogens is 2. The largest absolute Gasteiger partial charge is 0.310 e. The summed E-state index contributed by atoms with van der Waals surface area (Å²) in [7, 11) is 0. The number of nitrogens with one attached hydrogen (secondary N) is 1. The predicted molar refractivity (Wildman–Crippen MR) is 87.8 cm³/mol. The number of benzene rings is 1. The van der Waals surface area contributed by atoms with Crippen LogP contribution in [0.2, 0.25) is 0 Å². The number of hydrogen-bond donors (Lipinski definition) is 1. The summed E-state index contributed by atoms with van der Waals surface area (Å²) >= 11 is 3.60. The molecule has 2 aliphatic rings. The Labute approximate surface area is 133 Å². The molecule has 110 valence electrons. The van der Waals surface area contributed by atoms with Crippen molar-refractivity contribution >= 4 is 15.9 Å². The van der Waals surface area contributed by atoms with Gasteiger partial charge in [0, 0.05) is 22.8 Å². The molecular weight excluding hydrogens is 326 g/mol. The third-order valence-corrected chi connectivity index (χ3v) is 4.98. The maximum absolute atomic E-state index is 4.64. The summed E-state index contributed by atoms with van der Waals surface area (Å²) in [5, 5.41) is 3.63. The van der Waals surface area contributed by atoms with E-state index in [1.165, 1.54) is 48.3 Å². The maximum atomic E-state index is 4.64. The summed E-state index contributed by atoms with van der Waals surface area (Å²) in [6.45, 7) is 0.937. The minimum atomic E-state index is 0.730. The molecule has 4 rings (SSSR count). The van der Waals surface area contributed by atoms with E-state index in [4.69, 9.17) is 0 Å². The second-order valence-electron chi connectivity index (χ2n) is 6.14. The van der Waals surface area contributed by atoms with E-state index in [0.29, 0.717) is 0 Å². The molecule has 21 heavy (non-hydrogen) atoms. The molecule has 0 saturated heterocycles. The standard InChI is InChI=1S/C17H20BrN3/c18-13-5-8-16(12(9-13)10-19-14-6-7-14)21-11-20-15-3-1-2-4-17(15)21/h5,8-9,11,14,19H,1-4,6-7,10H2. The van der Waals surface area contributed by atoms with E-state index in [0.717, 1.165) is 29.9 Å². The lowest BCUT2D eigenvalue weighted by Gasteiger charge is -2.17. The van der Waals surface area contributed by atoms with Crippen LogP contribution in [0, 0.1) is 0 Å². The average molecular weight is 346 g/mol. The summed E-state index contributed by atoms with van der Waals surface area (Å²) < 4.78 is 3.46. The van der Waals surface area contributed by atoms with Crippen molar-refractivity contribution in [3.63, 3.8) is 0 Å². The Hall–Kier alpha value is -1.13. The Kier molecular flexibility index (Phi) is 3.59. The second kappa shape index (κ2) is 5.58. The second-order valence-corrected chi connectivity index (χ2v) is 7.06. The number of fused-ring (bicyclic) bond motifs is 1. The molecule has 0 radical (unpaired) electrons. The number of nitrogens with zero attached hydrogens (tertiary/aromatic N) is 2. The van der Waals surface area contributed by atoms with Gasteiger partial charge in [-0.1, -0.05) is 15.9 Å². The van der Waals surface area contributed by atoms with Gasteiger partial charge < -0.3 is 9.88 Å². The molecule has 0 amide bonds. The topological polar surface area (TPSA) is 29.9 Å². The number of aryl methyl sites for hydroxylation is 1. The van der Waals surface area contributed by atoms with Crippen molar-refractivity contribution in [2.24, 2.45) is 0 Å². The molecular formula is C17H20BrN3. The van der Waals surface area contributed by atoms with Gasteiger partial charge in [-0.2, -0.15) is 0 Å². The Morgan fingerprint density at radius 1 is 1.24 bits per heavy atom. The van der Waals surface area contributed by atoms with Crippen LogP contribution in [0.15, 0.2) is 29.0 Å². The fourth-order valence-corrected chi connectivity index (χ4v) is 3.56. The van der Waals surface area contributed by atoms with Crippen LogP contribution in [-0.2, 0) is 19.4 Å². The number of hydrogen-bond acceptors (Lipinski definition) is 2. The minimum Gasteiger partial charge on any atom is -0.310 e. The first kappa shape index (κ1) is 13.5. The molecule has 0 atom stereocenters. The van der Waals surface area contributed by atoms with Crippen LogP contribution < -0.4 is 5.32 Å². The molecule has 1 fully saturated rings. The van der Waals surface area contributed by atoms with Gasteiger partial charge in [-0.15, -0.1) is 0 Å². The number of halogens is 1. The highest BCUT2D eigenvalue weighted by molar-refractivity contribution is 9.10. The summed E-state index contributed by atoms with van der Waals surface area (Å²) in [5.74, 6) is 0. The first-order valence-electron chi connectivity index (χ1n) is 7.88. The van der Waals surface area contributed by atoms with Crippen LogP contribution in [0.1, 0.15) is 42.6 Å².